The normalized spacial score (nSPS) is 16.3. The fourth-order valence-corrected chi connectivity index (χ4v) is 1.66. The van der Waals surface area contributed by atoms with Crippen molar-refractivity contribution >= 4 is 40.7 Å². The van der Waals surface area contributed by atoms with Crippen LogP contribution < -0.4 is 4.90 Å². The number of anilines is 1. The third kappa shape index (κ3) is 1.50. The molecule has 1 aromatic rings. The van der Waals surface area contributed by atoms with Crippen molar-refractivity contribution in [2.75, 3.05) is 4.90 Å². The van der Waals surface area contributed by atoms with E-state index in [1.165, 1.54) is 18.2 Å². The summed E-state index contributed by atoms with van der Waals surface area (Å²) in [4.78, 5) is 23.7. The average Bonchev–Trinajstić information content (AvgIpc) is 2.45. The Balaban J connectivity index is 2.51. The molecule has 0 saturated heterocycles. The van der Waals surface area contributed by atoms with Gasteiger partial charge in [-0.2, -0.15) is 0 Å². The maximum absolute atomic E-state index is 13.4. The Labute approximate surface area is 100 Å². The summed E-state index contributed by atoms with van der Waals surface area (Å²) in [7, 11) is 0. The number of hydrogen-bond acceptors (Lipinski definition) is 2. The molecule has 0 aromatic heterocycles. The monoisotopic (exact) mass is 259 g/mol. The van der Waals surface area contributed by atoms with Crippen LogP contribution in [0.5, 0.6) is 0 Å². The molecule has 82 valence electrons. The first kappa shape index (κ1) is 11.1. The number of carbonyl (C=O) groups is 2. The molecule has 0 bridgehead atoms. The molecule has 1 aliphatic heterocycles. The van der Waals surface area contributed by atoms with Crippen molar-refractivity contribution in [1.82, 2.24) is 0 Å². The molecule has 1 aliphatic rings. The van der Waals surface area contributed by atoms with Crippen LogP contribution >= 0.6 is 23.2 Å². The number of hydrogen-bond donors (Lipinski definition) is 0. The number of carbonyl (C=O) groups excluding carboxylic acids is 2. The van der Waals surface area contributed by atoms with Gasteiger partial charge in [0.15, 0.2) is 0 Å². The Morgan fingerprint density at radius 1 is 1.00 bits per heavy atom. The van der Waals surface area contributed by atoms with Gasteiger partial charge >= 0.3 is 0 Å². The van der Waals surface area contributed by atoms with Gasteiger partial charge in [-0.25, -0.2) is 9.29 Å². The minimum atomic E-state index is -0.818. The third-order valence-corrected chi connectivity index (χ3v) is 2.87. The minimum absolute atomic E-state index is 0.161. The molecule has 0 radical (unpaired) electrons. The number of para-hydroxylation sites is 1. The van der Waals surface area contributed by atoms with Crippen molar-refractivity contribution in [1.29, 1.82) is 0 Å². The fraction of sp³-hybridized carbons (Fsp3) is 0. The summed E-state index contributed by atoms with van der Waals surface area (Å²) < 4.78 is 13.4. The lowest BCUT2D eigenvalue weighted by atomic mass is 10.3. The quantitative estimate of drug-likeness (QED) is 0.727. The van der Waals surface area contributed by atoms with Crippen LogP contribution in [0.25, 0.3) is 0 Å². The predicted molar refractivity (Wildman–Crippen MR) is 57.6 cm³/mol. The lowest BCUT2D eigenvalue weighted by molar-refractivity contribution is -0.120. The highest BCUT2D eigenvalue weighted by atomic mass is 35.5. The van der Waals surface area contributed by atoms with Gasteiger partial charge in [0.25, 0.3) is 11.8 Å². The van der Waals surface area contributed by atoms with Crippen LogP contribution in [0.2, 0.25) is 0 Å². The van der Waals surface area contributed by atoms with E-state index < -0.39 is 27.7 Å². The maximum atomic E-state index is 13.4. The van der Waals surface area contributed by atoms with E-state index in [9.17, 15) is 14.0 Å². The Morgan fingerprint density at radius 2 is 1.50 bits per heavy atom. The van der Waals surface area contributed by atoms with Gasteiger partial charge in [-0.3, -0.25) is 9.59 Å². The van der Waals surface area contributed by atoms with Crippen molar-refractivity contribution in [3.8, 4) is 0 Å². The summed E-state index contributed by atoms with van der Waals surface area (Å²) in [5.74, 6) is -2.33. The molecule has 0 atom stereocenters. The van der Waals surface area contributed by atoms with E-state index in [-0.39, 0.29) is 5.69 Å². The lowest BCUT2D eigenvalue weighted by Gasteiger charge is -2.14. The number of benzene rings is 1. The van der Waals surface area contributed by atoms with Crippen LogP contribution in [0.15, 0.2) is 34.3 Å². The highest BCUT2D eigenvalue weighted by molar-refractivity contribution is 6.62. The zero-order valence-corrected chi connectivity index (χ0v) is 9.22. The summed E-state index contributed by atoms with van der Waals surface area (Å²) in [6, 6.07) is 5.38. The molecule has 2 amide bonds. The van der Waals surface area contributed by atoms with Crippen LogP contribution in [-0.2, 0) is 9.59 Å². The molecule has 1 aromatic carbocycles. The summed E-state index contributed by atoms with van der Waals surface area (Å²) in [6.45, 7) is 0. The van der Waals surface area contributed by atoms with Crippen molar-refractivity contribution in [3.63, 3.8) is 0 Å². The van der Waals surface area contributed by atoms with E-state index in [2.05, 4.69) is 0 Å². The maximum Gasteiger partial charge on any atom is 0.278 e. The van der Waals surface area contributed by atoms with Crippen molar-refractivity contribution < 1.29 is 14.0 Å². The van der Waals surface area contributed by atoms with Gasteiger partial charge in [0.1, 0.15) is 15.9 Å². The Kier molecular flexibility index (Phi) is 2.69. The summed E-state index contributed by atoms with van der Waals surface area (Å²) in [5.41, 5.74) is -0.161. The number of imide groups is 1. The van der Waals surface area contributed by atoms with Gasteiger partial charge in [0.05, 0.1) is 5.69 Å². The first-order valence-corrected chi connectivity index (χ1v) is 4.98. The van der Waals surface area contributed by atoms with E-state index in [0.717, 1.165) is 6.07 Å². The van der Waals surface area contributed by atoms with E-state index in [1.54, 1.807) is 0 Å². The van der Waals surface area contributed by atoms with Crippen molar-refractivity contribution in [3.05, 3.63) is 40.1 Å². The average molecular weight is 260 g/mol. The zero-order valence-electron chi connectivity index (χ0n) is 7.71. The van der Waals surface area contributed by atoms with E-state index in [1.807, 2.05) is 0 Å². The van der Waals surface area contributed by atoms with Crippen molar-refractivity contribution in [2.45, 2.75) is 0 Å². The summed E-state index contributed by atoms with van der Waals surface area (Å²) >= 11 is 11.0. The third-order valence-electron chi connectivity index (χ3n) is 2.07. The second kappa shape index (κ2) is 3.88. The van der Waals surface area contributed by atoms with Gasteiger partial charge in [-0.15, -0.1) is 0 Å². The standard InChI is InChI=1S/C10H4Cl2FNO2/c11-7-8(12)10(16)14(9(7)15)6-4-2-1-3-5(6)13/h1-4H. The largest absolute Gasteiger partial charge is 0.278 e. The number of rotatable bonds is 1. The Hall–Kier alpha value is -1.39. The molecule has 0 unspecified atom stereocenters. The van der Waals surface area contributed by atoms with Crippen LogP contribution in [0.1, 0.15) is 0 Å². The summed E-state index contributed by atoms with van der Waals surface area (Å²) in [5, 5.41) is -0.787. The number of amides is 2. The fourth-order valence-electron chi connectivity index (χ4n) is 1.33. The molecular formula is C10H4Cl2FNO2. The highest BCUT2D eigenvalue weighted by Crippen LogP contribution is 2.32. The molecule has 0 aliphatic carbocycles. The summed E-state index contributed by atoms with van der Waals surface area (Å²) in [6.07, 6.45) is 0. The second-order valence-electron chi connectivity index (χ2n) is 3.03. The lowest BCUT2D eigenvalue weighted by Crippen LogP contribution is -2.31. The Bertz CT molecular complexity index is 503. The topological polar surface area (TPSA) is 37.4 Å². The van der Waals surface area contributed by atoms with Crippen LogP contribution in [0, 0.1) is 5.82 Å². The van der Waals surface area contributed by atoms with Gasteiger partial charge in [-0.05, 0) is 12.1 Å². The molecule has 0 N–H and O–H groups in total. The van der Waals surface area contributed by atoms with Gasteiger partial charge in [0, 0.05) is 0 Å². The smallest absolute Gasteiger partial charge is 0.267 e. The molecule has 0 saturated carbocycles. The van der Waals surface area contributed by atoms with Crippen LogP contribution in [0.3, 0.4) is 0 Å². The molecule has 1 heterocycles. The van der Waals surface area contributed by atoms with Gasteiger partial charge < -0.3 is 0 Å². The predicted octanol–water partition coefficient (Wildman–Crippen LogP) is 2.39. The van der Waals surface area contributed by atoms with E-state index in [4.69, 9.17) is 23.2 Å². The van der Waals surface area contributed by atoms with Gasteiger partial charge in [0.2, 0.25) is 0 Å². The number of nitrogens with zero attached hydrogens (tertiary/aromatic N) is 1. The first-order valence-electron chi connectivity index (χ1n) is 4.22. The molecule has 16 heavy (non-hydrogen) atoms. The van der Waals surface area contributed by atoms with E-state index in [0.29, 0.717) is 4.90 Å². The van der Waals surface area contributed by atoms with Gasteiger partial charge in [-0.1, -0.05) is 35.3 Å². The molecule has 0 spiro atoms. The second-order valence-corrected chi connectivity index (χ2v) is 3.78. The molecule has 3 nitrogen and oxygen atoms in total. The SMILES string of the molecule is O=C1C(Cl)=C(Cl)C(=O)N1c1ccccc1F. The van der Waals surface area contributed by atoms with E-state index >= 15 is 0 Å². The zero-order chi connectivity index (χ0) is 11.9. The van der Waals surface area contributed by atoms with Crippen molar-refractivity contribution in [2.24, 2.45) is 0 Å². The molecule has 0 fully saturated rings. The molecule has 6 heteroatoms. The Morgan fingerprint density at radius 3 is 2.00 bits per heavy atom. The number of halogens is 3. The first-order chi connectivity index (χ1) is 7.54. The molecule has 2 rings (SSSR count). The van der Waals surface area contributed by atoms with Crippen LogP contribution in [-0.4, -0.2) is 11.8 Å². The minimum Gasteiger partial charge on any atom is -0.267 e. The highest BCUT2D eigenvalue weighted by Gasteiger charge is 2.38. The van der Waals surface area contributed by atoms with Crippen LogP contribution in [0.4, 0.5) is 10.1 Å². The molecular weight excluding hydrogens is 256 g/mol.